The average molecular weight is 396 g/mol. The van der Waals surface area contributed by atoms with E-state index in [9.17, 15) is 13.6 Å². The van der Waals surface area contributed by atoms with E-state index in [1.807, 2.05) is 13.0 Å². The number of benzene rings is 2. The van der Waals surface area contributed by atoms with Crippen molar-refractivity contribution in [2.45, 2.75) is 26.3 Å². The van der Waals surface area contributed by atoms with Gasteiger partial charge in [-0.15, -0.1) is 0 Å². The summed E-state index contributed by atoms with van der Waals surface area (Å²) in [6.45, 7) is 2.06. The maximum atomic E-state index is 14.0. The predicted molar refractivity (Wildman–Crippen MR) is 108 cm³/mol. The Hall–Kier alpha value is -3.41. The molecule has 3 N–H and O–H groups in total. The van der Waals surface area contributed by atoms with E-state index in [2.05, 4.69) is 5.32 Å². The molecule has 2 aromatic carbocycles. The Kier molecular flexibility index (Phi) is 6.44. The summed E-state index contributed by atoms with van der Waals surface area (Å²) in [7, 11) is 0. The van der Waals surface area contributed by atoms with Crippen molar-refractivity contribution >= 4 is 5.91 Å². The first-order valence-electron chi connectivity index (χ1n) is 9.31. The highest BCUT2D eigenvalue weighted by Gasteiger charge is 2.16. The van der Waals surface area contributed by atoms with Crippen LogP contribution in [0.15, 0.2) is 83.4 Å². The lowest BCUT2D eigenvalue weighted by atomic mass is 10.1. The van der Waals surface area contributed by atoms with Crippen molar-refractivity contribution in [2.24, 2.45) is 5.73 Å². The van der Waals surface area contributed by atoms with Crippen LogP contribution < -0.4 is 15.8 Å². The molecule has 0 saturated carbocycles. The van der Waals surface area contributed by atoms with Crippen LogP contribution in [-0.2, 0) is 11.3 Å². The van der Waals surface area contributed by atoms with Crippen molar-refractivity contribution < 1.29 is 18.3 Å². The molecule has 150 valence electrons. The molecule has 0 heterocycles. The number of rotatable bonds is 6. The van der Waals surface area contributed by atoms with E-state index in [0.29, 0.717) is 23.4 Å². The molecule has 1 amide bonds. The minimum absolute atomic E-state index is 0.122. The second-order valence-corrected chi connectivity index (χ2v) is 6.62. The largest absolute Gasteiger partial charge is 0.454 e. The van der Waals surface area contributed by atoms with Crippen LogP contribution in [0.4, 0.5) is 8.78 Å². The number of para-hydroxylation sites is 1. The Balaban J connectivity index is 1.67. The maximum Gasteiger partial charge on any atom is 0.253 e. The first-order valence-corrected chi connectivity index (χ1v) is 9.31. The van der Waals surface area contributed by atoms with E-state index >= 15 is 0 Å². The van der Waals surface area contributed by atoms with E-state index in [4.69, 9.17) is 10.5 Å². The minimum Gasteiger partial charge on any atom is -0.454 e. The molecule has 2 aromatic rings. The Morgan fingerprint density at radius 3 is 2.69 bits per heavy atom. The van der Waals surface area contributed by atoms with Crippen molar-refractivity contribution in [1.82, 2.24) is 5.32 Å². The molecule has 3 rings (SSSR count). The molecule has 0 unspecified atom stereocenters. The Bertz CT molecular complexity index is 1010. The second kappa shape index (κ2) is 9.19. The zero-order valence-electron chi connectivity index (χ0n) is 16.0. The first kappa shape index (κ1) is 20.3. The average Bonchev–Trinajstić information content (AvgIpc) is 2.86. The highest BCUT2D eigenvalue weighted by molar-refractivity contribution is 5.97. The van der Waals surface area contributed by atoms with Gasteiger partial charge in [-0.2, -0.15) is 0 Å². The van der Waals surface area contributed by atoms with Crippen LogP contribution in [-0.4, -0.2) is 5.91 Å². The number of halogens is 2. The molecule has 0 saturated heterocycles. The number of nitrogens with two attached hydrogens (primary N) is 1. The van der Waals surface area contributed by atoms with Gasteiger partial charge in [-0.05, 0) is 54.0 Å². The third-order valence-electron chi connectivity index (χ3n) is 4.57. The zero-order valence-corrected chi connectivity index (χ0v) is 16.0. The fraction of sp³-hybridized carbons (Fsp3) is 0.174. The van der Waals surface area contributed by atoms with Crippen molar-refractivity contribution in [1.29, 1.82) is 0 Å². The molecule has 4 nitrogen and oxygen atoms in total. The van der Waals surface area contributed by atoms with Gasteiger partial charge in [0, 0.05) is 18.7 Å². The number of hydrogen-bond donors (Lipinski definition) is 2. The summed E-state index contributed by atoms with van der Waals surface area (Å²) in [5.74, 6) is -0.619. The molecule has 0 radical (unpaired) electrons. The van der Waals surface area contributed by atoms with Crippen LogP contribution in [0.25, 0.3) is 0 Å². The van der Waals surface area contributed by atoms with Gasteiger partial charge in [0.15, 0.2) is 11.6 Å². The molecule has 0 spiro atoms. The number of ether oxygens (including phenoxy) is 1. The molecule has 0 aromatic heterocycles. The molecular formula is C23H22F2N2O2. The van der Waals surface area contributed by atoms with Crippen LogP contribution in [0.1, 0.15) is 25.3 Å². The van der Waals surface area contributed by atoms with Crippen LogP contribution in [0.3, 0.4) is 0 Å². The third kappa shape index (κ3) is 5.10. The Labute approximate surface area is 168 Å². The number of nitrogens with one attached hydrogen (secondary N) is 1. The standard InChI is InChI=1S/C23H22F2N2O2/c1-2-16-13-21(26)18(10-11-19(16)24)23(28)27-14-15-6-5-7-17(12-15)29-22-9-4-3-8-20(22)25/h3-12H,2,13-14,26H2,1H3,(H,27,28). The van der Waals surface area contributed by atoms with Gasteiger partial charge in [0.25, 0.3) is 5.91 Å². The molecule has 1 aliphatic rings. The van der Waals surface area contributed by atoms with Gasteiger partial charge in [0.1, 0.15) is 11.6 Å². The highest BCUT2D eigenvalue weighted by Crippen LogP contribution is 2.26. The van der Waals surface area contributed by atoms with Crippen LogP contribution in [0.2, 0.25) is 0 Å². The summed E-state index contributed by atoms with van der Waals surface area (Å²) < 4.78 is 33.3. The lowest BCUT2D eigenvalue weighted by Crippen LogP contribution is -2.26. The third-order valence-corrected chi connectivity index (χ3v) is 4.57. The summed E-state index contributed by atoms with van der Waals surface area (Å²) in [6.07, 6.45) is 3.43. The minimum atomic E-state index is -0.457. The summed E-state index contributed by atoms with van der Waals surface area (Å²) in [5, 5.41) is 2.78. The summed E-state index contributed by atoms with van der Waals surface area (Å²) >= 11 is 0. The predicted octanol–water partition coefficient (Wildman–Crippen LogP) is 5.04. The van der Waals surface area contributed by atoms with E-state index in [0.717, 1.165) is 5.56 Å². The van der Waals surface area contributed by atoms with E-state index in [-0.39, 0.29) is 36.0 Å². The van der Waals surface area contributed by atoms with Crippen LogP contribution in [0, 0.1) is 5.82 Å². The van der Waals surface area contributed by atoms with E-state index in [1.54, 1.807) is 30.3 Å². The molecular weight excluding hydrogens is 374 g/mol. The molecule has 0 fully saturated rings. The van der Waals surface area contributed by atoms with Gasteiger partial charge in [0.2, 0.25) is 0 Å². The van der Waals surface area contributed by atoms with Crippen molar-refractivity contribution in [3.05, 3.63) is 94.7 Å². The summed E-state index contributed by atoms with van der Waals surface area (Å²) in [5.41, 5.74) is 7.93. The smallest absolute Gasteiger partial charge is 0.253 e. The Morgan fingerprint density at radius 2 is 1.93 bits per heavy atom. The van der Waals surface area contributed by atoms with Gasteiger partial charge in [0.05, 0.1) is 5.57 Å². The quantitative estimate of drug-likeness (QED) is 0.719. The lowest BCUT2D eigenvalue weighted by molar-refractivity contribution is -0.117. The molecule has 6 heteroatoms. The van der Waals surface area contributed by atoms with Crippen molar-refractivity contribution in [2.75, 3.05) is 0 Å². The number of carbonyl (C=O) groups excluding carboxylic acids is 1. The van der Waals surface area contributed by atoms with Crippen molar-refractivity contribution in [3.63, 3.8) is 0 Å². The first-order chi connectivity index (χ1) is 14.0. The molecule has 0 aliphatic heterocycles. The molecule has 0 bridgehead atoms. The SMILES string of the molecule is CCC1=C(F)C=CC(C(=O)NCc2cccc(Oc3ccccc3F)c2)=C(N)C1. The number of amides is 1. The van der Waals surface area contributed by atoms with Gasteiger partial charge >= 0.3 is 0 Å². The molecule has 29 heavy (non-hydrogen) atoms. The number of allylic oxidation sites excluding steroid dienone is 3. The Morgan fingerprint density at radius 1 is 1.14 bits per heavy atom. The fourth-order valence-corrected chi connectivity index (χ4v) is 2.96. The number of carbonyl (C=O) groups is 1. The normalized spacial score (nSPS) is 14.0. The van der Waals surface area contributed by atoms with Gasteiger partial charge < -0.3 is 15.8 Å². The van der Waals surface area contributed by atoms with Gasteiger partial charge in [-0.25, -0.2) is 8.78 Å². The summed E-state index contributed by atoms with van der Waals surface area (Å²) in [6, 6.07) is 13.1. The maximum absolute atomic E-state index is 14.0. The highest BCUT2D eigenvalue weighted by atomic mass is 19.1. The zero-order chi connectivity index (χ0) is 20.8. The van der Waals surface area contributed by atoms with Gasteiger partial charge in [-0.1, -0.05) is 31.2 Å². The van der Waals surface area contributed by atoms with Crippen LogP contribution >= 0.6 is 0 Å². The van der Waals surface area contributed by atoms with Crippen LogP contribution in [0.5, 0.6) is 11.5 Å². The van der Waals surface area contributed by atoms with E-state index in [1.165, 1.54) is 24.3 Å². The lowest BCUT2D eigenvalue weighted by Gasteiger charge is -2.11. The van der Waals surface area contributed by atoms with Crippen molar-refractivity contribution in [3.8, 4) is 11.5 Å². The molecule has 0 atom stereocenters. The summed E-state index contributed by atoms with van der Waals surface area (Å²) in [4.78, 5) is 12.5. The fourth-order valence-electron chi connectivity index (χ4n) is 2.96. The monoisotopic (exact) mass is 396 g/mol. The number of hydrogen-bond acceptors (Lipinski definition) is 3. The molecule has 1 aliphatic carbocycles. The van der Waals surface area contributed by atoms with E-state index < -0.39 is 5.82 Å². The second-order valence-electron chi connectivity index (χ2n) is 6.62. The van der Waals surface area contributed by atoms with Gasteiger partial charge in [-0.3, -0.25) is 4.79 Å². The topological polar surface area (TPSA) is 64.3 Å².